The van der Waals surface area contributed by atoms with Gasteiger partial charge in [-0.1, -0.05) is 6.07 Å². The van der Waals surface area contributed by atoms with Crippen LogP contribution in [-0.4, -0.2) is 56.5 Å². The van der Waals surface area contributed by atoms with Crippen molar-refractivity contribution in [2.45, 2.75) is 44.4 Å². The van der Waals surface area contributed by atoms with Crippen molar-refractivity contribution in [2.24, 2.45) is 0 Å². The summed E-state index contributed by atoms with van der Waals surface area (Å²) in [6.07, 6.45) is 2.20. The van der Waals surface area contributed by atoms with Crippen LogP contribution >= 0.6 is 7.60 Å². The smallest absolute Gasteiger partial charge is 0.335 e. The Labute approximate surface area is 234 Å². The van der Waals surface area contributed by atoms with E-state index in [9.17, 15) is 22.9 Å². The highest BCUT2D eigenvalue weighted by molar-refractivity contribution is 7.90. The Morgan fingerprint density at radius 3 is 2.17 bits per heavy atom. The molecule has 40 heavy (non-hydrogen) atoms. The average molecular weight is 592 g/mol. The van der Waals surface area contributed by atoms with Gasteiger partial charge in [-0.05, 0) is 68.8 Å². The molecule has 1 atom stereocenters. The van der Waals surface area contributed by atoms with Crippen LogP contribution in [0.4, 0.5) is 0 Å². The first-order chi connectivity index (χ1) is 18.9. The lowest BCUT2D eigenvalue weighted by atomic mass is 10.0. The van der Waals surface area contributed by atoms with E-state index in [0.717, 1.165) is 6.26 Å². The van der Waals surface area contributed by atoms with Crippen LogP contribution < -0.4 is 9.47 Å². The molecule has 0 fully saturated rings. The summed E-state index contributed by atoms with van der Waals surface area (Å²) < 4.78 is 58.5. The zero-order valence-corrected chi connectivity index (χ0v) is 24.6. The van der Waals surface area contributed by atoms with Crippen LogP contribution in [0.25, 0.3) is 0 Å². The van der Waals surface area contributed by atoms with Gasteiger partial charge >= 0.3 is 7.60 Å². The summed E-state index contributed by atoms with van der Waals surface area (Å²) >= 11 is 0. The van der Waals surface area contributed by atoms with Crippen LogP contribution in [0.15, 0.2) is 65.7 Å². The molecule has 0 saturated heterocycles. The predicted octanol–water partition coefficient (Wildman–Crippen LogP) is 5.23. The summed E-state index contributed by atoms with van der Waals surface area (Å²) in [5, 5.41) is 9.40. The topological polar surface area (TPSA) is 138 Å². The second-order valence-corrected chi connectivity index (χ2v) is 13.1. The molecule has 3 aromatic rings. The number of carbonyl (C=O) groups is 1. The fourth-order valence-electron chi connectivity index (χ4n) is 3.69. The van der Waals surface area contributed by atoms with Gasteiger partial charge in [-0.25, -0.2) is 8.42 Å². The number of hydrogen-bond donors (Lipinski definition) is 1. The summed E-state index contributed by atoms with van der Waals surface area (Å²) in [4.78, 5) is 17.7. The minimum atomic E-state index is -3.36. The summed E-state index contributed by atoms with van der Waals surface area (Å²) in [5.74, 6) is 0.728. The number of rotatable bonds is 15. The molecule has 10 nitrogen and oxygen atoms in total. The third kappa shape index (κ3) is 9.25. The van der Waals surface area contributed by atoms with Crippen LogP contribution in [0.2, 0.25) is 0 Å². The van der Waals surface area contributed by atoms with Gasteiger partial charge in [-0.2, -0.15) is 0 Å². The number of carbonyl (C=O) groups excluding carboxylic acids is 1. The molecule has 0 bridgehead atoms. The summed E-state index contributed by atoms with van der Waals surface area (Å²) in [5.41, 5.74) is 1.46. The van der Waals surface area contributed by atoms with E-state index in [4.69, 9.17) is 18.5 Å². The van der Waals surface area contributed by atoms with Crippen LogP contribution in [0.5, 0.6) is 17.2 Å². The Hall–Kier alpha value is -3.08. The van der Waals surface area contributed by atoms with Crippen LogP contribution in [0, 0.1) is 0 Å². The molecular formula is C28H34NO9PS. The van der Waals surface area contributed by atoms with Crippen molar-refractivity contribution in [1.82, 2.24) is 4.98 Å². The van der Waals surface area contributed by atoms with Crippen molar-refractivity contribution in [3.63, 3.8) is 0 Å². The maximum atomic E-state index is 13.2. The average Bonchev–Trinajstić information content (AvgIpc) is 2.89. The maximum Gasteiger partial charge on any atom is 0.335 e. The van der Waals surface area contributed by atoms with Crippen LogP contribution in [0.1, 0.15) is 42.4 Å². The first kappa shape index (κ1) is 31.4. The molecule has 0 aliphatic carbocycles. The Balaban J connectivity index is 1.80. The van der Waals surface area contributed by atoms with Crippen molar-refractivity contribution < 1.29 is 41.4 Å². The number of aromatic nitrogens is 1. The van der Waals surface area contributed by atoms with Gasteiger partial charge in [0.2, 0.25) is 0 Å². The number of aliphatic hydroxyl groups is 1. The van der Waals surface area contributed by atoms with E-state index in [1.165, 1.54) is 24.3 Å². The highest BCUT2D eigenvalue weighted by atomic mass is 32.2. The SMILES string of the molecule is CCOP(=O)(Cc1ccc(CC(=O)c2cc(Oc3ccc(S(C)(=O)=O)cc3)cc(O[C@@H](C)CO)c2)nc1)OCC. The minimum Gasteiger partial charge on any atom is -0.488 e. The normalized spacial score (nSPS) is 12.6. The van der Waals surface area contributed by atoms with Gasteiger partial charge in [0.25, 0.3) is 0 Å². The fraction of sp³-hybridized carbons (Fsp3) is 0.357. The summed E-state index contributed by atoms with van der Waals surface area (Å²) in [7, 11) is -6.64. The molecule has 1 heterocycles. The molecule has 1 aromatic heterocycles. The van der Waals surface area contributed by atoms with Gasteiger partial charge in [-0.3, -0.25) is 14.3 Å². The molecule has 0 amide bonds. The Kier molecular flexibility index (Phi) is 11.0. The van der Waals surface area contributed by atoms with Crippen LogP contribution in [0.3, 0.4) is 0 Å². The van der Waals surface area contributed by atoms with Crippen molar-refractivity contribution >= 4 is 23.2 Å². The van der Waals surface area contributed by atoms with Crippen LogP contribution in [-0.2, 0) is 36.0 Å². The third-order valence-electron chi connectivity index (χ3n) is 5.54. The lowest BCUT2D eigenvalue weighted by molar-refractivity contribution is 0.0989. The second-order valence-electron chi connectivity index (χ2n) is 9.01. The van der Waals surface area contributed by atoms with E-state index in [-0.39, 0.29) is 43.1 Å². The molecule has 1 N–H and O–H groups in total. The number of benzene rings is 2. The standard InChI is InChI=1S/C28H34NO9PS/c1-5-35-39(32,36-6-2)19-21-7-8-23(29-17-21)15-28(31)22-13-25(37-20(3)18-30)16-26(14-22)38-24-9-11-27(12-10-24)40(4,33)34/h7-14,16-17,20,30H,5-6,15,18-19H2,1-4H3/t20-/m0/s1. The van der Waals surface area contributed by atoms with Gasteiger partial charge in [0, 0.05) is 29.8 Å². The number of ether oxygens (including phenoxy) is 2. The van der Waals surface area contributed by atoms with Gasteiger partial charge in [0.1, 0.15) is 23.4 Å². The Morgan fingerprint density at radius 1 is 0.975 bits per heavy atom. The lowest BCUT2D eigenvalue weighted by Crippen LogP contribution is -2.16. The van der Waals surface area contributed by atoms with Crippen molar-refractivity contribution in [2.75, 3.05) is 26.1 Å². The first-order valence-corrected chi connectivity index (χ1v) is 16.3. The highest BCUT2D eigenvalue weighted by Crippen LogP contribution is 2.51. The molecule has 0 saturated carbocycles. The molecule has 0 unspecified atom stereocenters. The highest BCUT2D eigenvalue weighted by Gasteiger charge is 2.24. The number of pyridine rings is 1. The number of ketones is 1. The summed E-state index contributed by atoms with van der Waals surface area (Å²) in [6.45, 7) is 5.46. The van der Waals surface area contributed by atoms with Gasteiger partial charge < -0.3 is 23.6 Å². The second kappa shape index (κ2) is 14.0. The maximum absolute atomic E-state index is 13.2. The molecule has 2 aromatic carbocycles. The van der Waals surface area contributed by atoms with E-state index in [2.05, 4.69) is 4.98 Å². The fourth-order valence-corrected chi connectivity index (χ4v) is 5.99. The summed E-state index contributed by atoms with van der Waals surface area (Å²) in [6, 6.07) is 14.0. The molecule has 12 heteroatoms. The number of aliphatic hydroxyl groups excluding tert-OH is 1. The Bertz CT molecular complexity index is 1430. The minimum absolute atomic E-state index is 0.0175. The number of Topliss-reactive ketones (excluding diaryl/α,β-unsaturated/α-hetero) is 1. The molecule has 0 aliphatic heterocycles. The molecule has 3 rings (SSSR count). The Morgan fingerprint density at radius 2 is 1.62 bits per heavy atom. The van der Waals surface area contributed by atoms with Crippen molar-refractivity contribution in [1.29, 1.82) is 0 Å². The number of sulfone groups is 1. The number of nitrogens with zero attached hydrogens (tertiary/aromatic N) is 1. The monoisotopic (exact) mass is 591 g/mol. The zero-order valence-electron chi connectivity index (χ0n) is 22.9. The molecular weight excluding hydrogens is 557 g/mol. The van der Waals surface area contributed by atoms with E-state index in [0.29, 0.717) is 34.1 Å². The van der Waals surface area contributed by atoms with Gasteiger partial charge in [-0.15, -0.1) is 0 Å². The number of hydrogen-bond acceptors (Lipinski definition) is 10. The molecule has 0 radical (unpaired) electrons. The van der Waals surface area contributed by atoms with E-state index in [1.54, 1.807) is 57.3 Å². The largest absolute Gasteiger partial charge is 0.488 e. The van der Waals surface area contributed by atoms with Gasteiger partial charge in [0.15, 0.2) is 15.6 Å². The van der Waals surface area contributed by atoms with E-state index in [1.807, 2.05) is 0 Å². The van der Waals surface area contributed by atoms with E-state index >= 15 is 0 Å². The third-order valence-corrected chi connectivity index (χ3v) is 8.72. The lowest BCUT2D eigenvalue weighted by Gasteiger charge is -2.17. The predicted molar refractivity (Wildman–Crippen MR) is 150 cm³/mol. The quantitative estimate of drug-likeness (QED) is 0.185. The molecule has 0 spiro atoms. The molecule has 0 aliphatic rings. The van der Waals surface area contributed by atoms with Gasteiger partial charge in [0.05, 0.1) is 37.3 Å². The molecule has 216 valence electrons. The zero-order chi connectivity index (χ0) is 29.3. The van der Waals surface area contributed by atoms with Crippen molar-refractivity contribution in [3.8, 4) is 17.2 Å². The van der Waals surface area contributed by atoms with Crippen molar-refractivity contribution in [3.05, 3.63) is 77.6 Å². The van der Waals surface area contributed by atoms with E-state index < -0.39 is 23.5 Å². The first-order valence-electron chi connectivity index (χ1n) is 12.7.